The molecule has 226 valence electrons. The Morgan fingerprint density at radius 1 is 0.900 bits per heavy atom. The second kappa shape index (κ2) is 9.91. The maximum absolute atomic E-state index is 10.6. The highest BCUT2D eigenvalue weighted by atomic mass is 16.7. The van der Waals surface area contributed by atoms with Crippen molar-refractivity contribution in [2.45, 2.75) is 136 Å². The average Bonchev–Trinajstić information content (AvgIpc) is 2.90. The van der Waals surface area contributed by atoms with Crippen molar-refractivity contribution in [1.82, 2.24) is 0 Å². The largest absolute Gasteiger partial charge is 0.388 e. The molecule has 5 nitrogen and oxygen atoms in total. The highest BCUT2D eigenvalue weighted by Gasteiger charge is 2.68. The Labute approximate surface area is 242 Å². The predicted molar refractivity (Wildman–Crippen MR) is 157 cm³/mol. The molecule has 0 unspecified atom stereocenters. The van der Waals surface area contributed by atoms with Crippen LogP contribution in [0.2, 0.25) is 0 Å². The third-order valence-electron chi connectivity index (χ3n) is 14.4. The van der Waals surface area contributed by atoms with Gasteiger partial charge < -0.3 is 24.8 Å². The van der Waals surface area contributed by atoms with Gasteiger partial charge in [-0.1, -0.05) is 58.4 Å². The Bertz CT molecular complexity index is 1030. The fraction of sp³-hybridized carbons (Fsp3) is 0.886. The summed E-state index contributed by atoms with van der Waals surface area (Å²) in [5, 5.41) is 30.7. The molecule has 1 heterocycles. The van der Waals surface area contributed by atoms with Gasteiger partial charge >= 0.3 is 0 Å². The summed E-state index contributed by atoms with van der Waals surface area (Å²) >= 11 is 0. The van der Waals surface area contributed by atoms with Gasteiger partial charge in [0, 0.05) is 0 Å². The summed E-state index contributed by atoms with van der Waals surface area (Å²) in [6.07, 6.45) is 10.5. The Morgan fingerprint density at radius 3 is 2.38 bits per heavy atom. The molecule has 0 spiro atoms. The van der Waals surface area contributed by atoms with Crippen LogP contribution in [0.25, 0.3) is 0 Å². The molecule has 3 N–H and O–H groups in total. The Kier molecular flexibility index (Phi) is 7.27. The van der Waals surface area contributed by atoms with E-state index in [0.717, 1.165) is 18.8 Å². The van der Waals surface area contributed by atoms with Gasteiger partial charge in [-0.25, -0.2) is 0 Å². The molecule has 1 saturated heterocycles. The quantitative estimate of drug-likeness (QED) is 0.277. The van der Waals surface area contributed by atoms with Gasteiger partial charge in [0.2, 0.25) is 0 Å². The van der Waals surface area contributed by atoms with Crippen molar-refractivity contribution in [3.63, 3.8) is 0 Å². The zero-order chi connectivity index (χ0) is 28.8. The first kappa shape index (κ1) is 29.4. The molecule has 0 amide bonds. The van der Waals surface area contributed by atoms with Gasteiger partial charge in [0.15, 0.2) is 6.29 Å². The summed E-state index contributed by atoms with van der Waals surface area (Å²) in [5.74, 6) is 3.34. The summed E-state index contributed by atoms with van der Waals surface area (Å²) in [7, 11) is 0. The number of allylic oxidation sites excluding steroid dienone is 3. The molecule has 13 atom stereocenters. The topological polar surface area (TPSA) is 79.2 Å². The van der Waals surface area contributed by atoms with Gasteiger partial charge in [-0.15, -0.1) is 0 Å². The van der Waals surface area contributed by atoms with Crippen LogP contribution in [0, 0.1) is 51.2 Å². The molecule has 0 aromatic heterocycles. The van der Waals surface area contributed by atoms with Crippen molar-refractivity contribution in [2.75, 3.05) is 6.61 Å². The van der Waals surface area contributed by atoms with E-state index in [2.05, 4.69) is 54.2 Å². The van der Waals surface area contributed by atoms with Gasteiger partial charge in [-0.2, -0.15) is 0 Å². The van der Waals surface area contributed by atoms with Crippen LogP contribution < -0.4 is 0 Å². The number of hydrogen-bond donors (Lipinski definition) is 3. The first-order chi connectivity index (χ1) is 18.8. The van der Waals surface area contributed by atoms with Crippen molar-refractivity contribution in [2.24, 2.45) is 51.2 Å². The second-order valence-electron chi connectivity index (χ2n) is 16.2. The zero-order valence-electron chi connectivity index (χ0n) is 26.0. The molecule has 0 radical (unpaired) electrons. The summed E-state index contributed by atoms with van der Waals surface area (Å²) in [6, 6.07) is 0. The molecular weight excluding hydrogens is 500 g/mol. The molecule has 0 aromatic rings. The first-order valence-electron chi connectivity index (χ1n) is 16.4. The minimum atomic E-state index is -1.23. The zero-order valence-corrected chi connectivity index (χ0v) is 26.0. The summed E-state index contributed by atoms with van der Waals surface area (Å²) in [4.78, 5) is 0. The summed E-state index contributed by atoms with van der Waals surface area (Å²) in [6.45, 7) is 19.5. The smallest absolute Gasteiger partial charge is 0.186 e. The molecule has 5 fully saturated rings. The van der Waals surface area contributed by atoms with Crippen LogP contribution in [0.5, 0.6) is 0 Å². The van der Waals surface area contributed by atoms with Crippen LogP contribution in [0.1, 0.15) is 106 Å². The number of aliphatic hydroxyl groups is 3. The summed E-state index contributed by atoms with van der Waals surface area (Å²) < 4.78 is 12.2. The van der Waals surface area contributed by atoms with Crippen LogP contribution in [-0.2, 0) is 9.47 Å². The van der Waals surface area contributed by atoms with Crippen LogP contribution in [0.15, 0.2) is 23.8 Å². The van der Waals surface area contributed by atoms with Crippen LogP contribution in [-0.4, -0.2) is 52.6 Å². The van der Waals surface area contributed by atoms with Crippen molar-refractivity contribution in [3.8, 4) is 0 Å². The molecule has 0 aromatic carbocycles. The molecule has 5 aliphatic carbocycles. The van der Waals surface area contributed by atoms with E-state index >= 15 is 0 Å². The molecule has 6 rings (SSSR count). The van der Waals surface area contributed by atoms with E-state index in [1.54, 1.807) is 5.57 Å². The van der Waals surface area contributed by atoms with E-state index in [4.69, 9.17) is 9.47 Å². The SMILES string of the molecule is C=C(C)[C@@H]1CCC=C2CC[C@]3(C)[C@H](CC[C@@H]4[C@@]5(C)CC[C@H](O[C@H]6OC[C@@H](O)[C@@H](O)[C@@H]6O)C(C)(C)[C@@H]5CC[C@]43C)[C@H]21. The maximum Gasteiger partial charge on any atom is 0.186 e. The highest BCUT2D eigenvalue weighted by molar-refractivity contribution is 5.27. The number of rotatable bonds is 3. The second-order valence-corrected chi connectivity index (χ2v) is 16.2. The Hall–Kier alpha value is -0.720. The van der Waals surface area contributed by atoms with E-state index in [9.17, 15) is 15.3 Å². The third kappa shape index (κ3) is 4.03. The van der Waals surface area contributed by atoms with Gasteiger partial charge in [0.05, 0.1) is 12.7 Å². The summed E-state index contributed by atoms with van der Waals surface area (Å²) in [5.41, 5.74) is 4.02. The maximum atomic E-state index is 10.6. The molecule has 40 heavy (non-hydrogen) atoms. The minimum absolute atomic E-state index is 0.0124. The molecular formula is C35H56O5. The van der Waals surface area contributed by atoms with Crippen LogP contribution >= 0.6 is 0 Å². The molecule has 4 saturated carbocycles. The normalized spacial score (nSPS) is 53.8. The lowest BCUT2D eigenvalue weighted by Crippen LogP contribution is -2.66. The van der Waals surface area contributed by atoms with E-state index < -0.39 is 24.6 Å². The fourth-order valence-corrected chi connectivity index (χ4v) is 12.1. The van der Waals surface area contributed by atoms with E-state index in [1.165, 1.54) is 56.9 Å². The fourth-order valence-electron chi connectivity index (χ4n) is 12.1. The first-order valence-corrected chi connectivity index (χ1v) is 16.4. The van der Waals surface area contributed by atoms with Crippen LogP contribution in [0.3, 0.4) is 0 Å². The average molecular weight is 557 g/mol. The molecule has 5 heteroatoms. The van der Waals surface area contributed by atoms with Crippen molar-refractivity contribution in [3.05, 3.63) is 23.8 Å². The standard InChI is InChI=1S/C35H56O5/c1-20(2)22-10-8-9-21-13-17-34(6)23(28(21)22)11-12-26-33(5)16-15-27(32(3,4)25(33)14-18-35(26,34)7)40-31-30(38)29(37)24(36)19-39-31/h9,22-31,36-38H,1,8,10-19H2,2-7H3/t22-,23+,24+,25-,26+,27-,28+,29+,30-,31+,33-,34+,35+/m0/s1. The number of aliphatic hydroxyl groups excluding tert-OH is 3. The minimum Gasteiger partial charge on any atom is -0.388 e. The van der Waals surface area contributed by atoms with Gasteiger partial charge in [-0.05, 0) is 122 Å². The Morgan fingerprint density at radius 2 is 1.65 bits per heavy atom. The van der Waals surface area contributed by atoms with E-state index in [0.29, 0.717) is 34.5 Å². The number of fused-ring (bicyclic) bond motifs is 7. The number of ether oxygens (including phenoxy) is 2. The molecule has 0 bridgehead atoms. The van der Waals surface area contributed by atoms with Crippen molar-refractivity contribution in [1.29, 1.82) is 0 Å². The van der Waals surface area contributed by atoms with Gasteiger partial charge in [-0.3, -0.25) is 0 Å². The lowest BCUT2D eigenvalue weighted by Gasteiger charge is -2.72. The lowest BCUT2D eigenvalue weighted by molar-refractivity contribution is -0.310. The highest BCUT2D eigenvalue weighted by Crippen LogP contribution is 2.75. The van der Waals surface area contributed by atoms with Crippen molar-refractivity contribution >= 4 is 0 Å². The number of hydrogen-bond acceptors (Lipinski definition) is 5. The van der Waals surface area contributed by atoms with E-state index in [1.807, 2.05) is 0 Å². The van der Waals surface area contributed by atoms with Crippen LogP contribution in [0.4, 0.5) is 0 Å². The van der Waals surface area contributed by atoms with E-state index in [-0.39, 0.29) is 23.5 Å². The monoisotopic (exact) mass is 556 g/mol. The Balaban J connectivity index is 1.26. The molecule has 1 aliphatic heterocycles. The predicted octanol–water partition coefficient (Wildman–Crippen LogP) is 6.41. The van der Waals surface area contributed by atoms with Crippen molar-refractivity contribution < 1.29 is 24.8 Å². The third-order valence-corrected chi connectivity index (χ3v) is 14.4. The lowest BCUT2D eigenvalue weighted by atomic mass is 9.33. The van der Waals surface area contributed by atoms with Gasteiger partial charge in [0.25, 0.3) is 0 Å². The molecule has 6 aliphatic rings. The van der Waals surface area contributed by atoms with Gasteiger partial charge in [0.1, 0.15) is 18.3 Å².